The van der Waals surface area contributed by atoms with Crippen LogP contribution in [0, 0.1) is 13.8 Å². The van der Waals surface area contributed by atoms with E-state index in [-0.39, 0.29) is 11.5 Å². The van der Waals surface area contributed by atoms with Crippen molar-refractivity contribution in [3.63, 3.8) is 0 Å². The van der Waals surface area contributed by atoms with Gasteiger partial charge in [0.15, 0.2) is 6.10 Å². The maximum Gasteiger partial charge on any atom is 0.316 e. The second-order valence-electron chi connectivity index (χ2n) is 5.78. The molecule has 2 rings (SSSR count). The molecule has 0 N–H and O–H groups in total. The van der Waals surface area contributed by atoms with Gasteiger partial charge in [-0.3, -0.25) is 9.59 Å². The number of thioether (sulfide) groups is 1. The highest BCUT2D eigenvalue weighted by Gasteiger charge is 2.19. The molecule has 0 aliphatic rings. The number of esters is 1. The molecule has 0 bridgehead atoms. The number of ketones is 1. The van der Waals surface area contributed by atoms with Crippen LogP contribution >= 0.6 is 11.8 Å². The third-order valence-electron chi connectivity index (χ3n) is 3.74. The van der Waals surface area contributed by atoms with Gasteiger partial charge < -0.3 is 9.47 Å². The van der Waals surface area contributed by atoms with Gasteiger partial charge in [0.1, 0.15) is 5.75 Å². The number of ether oxygens (including phenoxy) is 2. The number of carbonyl (C=O) groups is 2. The Balaban J connectivity index is 1.90. The van der Waals surface area contributed by atoms with Crippen LogP contribution in [-0.4, -0.2) is 30.7 Å². The molecule has 0 unspecified atom stereocenters. The first-order valence-electron chi connectivity index (χ1n) is 7.98. The fraction of sp³-hybridized carbons (Fsp3) is 0.300. The van der Waals surface area contributed by atoms with Crippen LogP contribution in [0.15, 0.2) is 47.4 Å². The number of hydrogen-bond donors (Lipinski definition) is 0. The second-order valence-corrected chi connectivity index (χ2v) is 6.80. The van der Waals surface area contributed by atoms with E-state index in [4.69, 9.17) is 9.47 Å². The smallest absolute Gasteiger partial charge is 0.316 e. The summed E-state index contributed by atoms with van der Waals surface area (Å²) in [6.45, 7) is 5.60. The summed E-state index contributed by atoms with van der Waals surface area (Å²) in [6, 6.07) is 12.8. The lowest BCUT2D eigenvalue weighted by molar-refractivity contribution is -0.143. The highest BCUT2D eigenvalue weighted by Crippen LogP contribution is 2.24. The number of carbonyl (C=O) groups excluding carboxylic acids is 2. The van der Waals surface area contributed by atoms with Gasteiger partial charge in [-0.2, -0.15) is 0 Å². The molecule has 2 aromatic carbocycles. The number of rotatable bonds is 7. The molecule has 0 saturated carbocycles. The Kier molecular flexibility index (Phi) is 6.65. The van der Waals surface area contributed by atoms with E-state index in [0.717, 1.165) is 16.0 Å². The number of hydrogen-bond acceptors (Lipinski definition) is 5. The Bertz CT molecular complexity index is 753. The third-order valence-corrected chi connectivity index (χ3v) is 4.87. The van der Waals surface area contributed by atoms with Crippen LogP contribution in [0.5, 0.6) is 5.75 Å². The van der Waals surface area contributed by atoms with Gasteiger partial charge in [-0.05, 0) is 56.7 Å². The third kappa shape index (κ3) is 5.36. The van der Waals surface area contributed by atoms with Crippen molar-refractivity contribution >= 4 is 23.5 Å². The van der Waals surface area contributed by atoms with Crippen molar-refractivity contribution in [1.29, 1.82) is 0 Å². The molecular weight excluding hydrogens is 336 g/mol. The summed E-state index contributed by atoms with van der Waals surface area (Å²) in [5.41, 5.74) is 2.75. The van der Waals surface area contributed by atoms with E-state index in [9.17, 15) is 9.59 Å². The normalized spacial score (nSPS) is 11.7. The second kappa shape index (κ2) is 8.72. The minimum absolute atomic E-state index is 0.171. The summed E-state index contributed by atoms with van der Waals surface area (Å²) in [5.74, 6) is 0.212. The molecule has 0 aromatic heterocycles. The Hall–Kier alpha value is -2.27. The Morgan fingerprint density at radius 2 is 1.76 bits per heavy atom. The van der Waals surface area contributed by atoms with Crippen LogP contribution < -0.4 is 4.74 Å². The number of aryl methyl sites for hydroxylation is 2. The topological polar surface area (TPSA) is 52.6 Å². The molecule has 4 nitrogen and oxygen atoms in total. The van der Waals surface area contributed by atoms with Crippen molar-refractivity contribution < 1.29 is 19.1 Å². The van der Waals surface area contributed by atoms with Gasteiger partial charge in [0.25, 0.3) is 0 Å². The summed E-state index contributed by atoms with van der Waals surface area (Å²) >= 11 is 1.42. The van der Waals surface area contributed by atoms with E-state index in [0.29, 0.717) is 11.3 Å². The quantitative estimate of drug-likeness (QED) is 0.421. The summed E-state index contributed by atoms with van der Waals surface area (Å²) in [4.78, 5) is 25.4. The molecule has 0 radical (unpaired) electrons. The summed E-state index contributed by atoms with van der Waals surface area (Å²) in [5, 5.41) is 0. The van der Waals surface area contributed by atoms with Gasteiger partial charge in [-0.25, -0.2) is 0 Å². The van der Waals surface area contributed by atoms with E-state index >= 15 is 0 Å². The van der Waals surface area contributed by atoms with Crippen LogP contribution in [-0.2, 0) is 9.53 Å². The van der Waals surface area contributed by atoms with Gasteiger partial charge in [0, 0.05) is 10.5 Å². The first-order valence-corrected chi connectivity index (χ1v) is 8.97. The fourth-order valence-electron chi connectivity index (χ4n) is 2.27. The molecule has 0 amide bonds. The molecule has 132 valence electrons. The van der Waals surface area contributed by atoms with E-state index in [2.05, 4.69) is 0 Å². The maximum absolute atomic E-state index is 12.3. The molecule has 2 aromatic rings. The molecule has 0 aliphatic heterocycles. The van der Waals surface area contributed by atoms with Crippen molar-refractivity contribution in [3.05, 3.63) is 59.2 Å². The molecule has 1 atom stereocenters. The average molecular weight is 358 g/mol. The Morgan fingerprint density at radius 1 is 1.08 bits per heavy atom. The predicted molar refractivity (Wildman–Crippen MR) is 99.5 cm³/mol. The van der Waals surface area contributed by atoms with Crippen LogP contribution in [0.2, 0.25) is 0 Å². The lowest BCUT2D eigenvalue weighted by Gasteiger charge is -2.13. The van der Waals surface area contributed by atoms with E-state index in [1.54, 1.807) is 38.3 Å². The fourth-order valence-corrected chi connectivity index (χ4v) is 3.18. The van der Waals surface area contributed by atoms with Crippen molar-refractivity contribution in [2.45, 2.75) is 31.8 Å². The van der Waals surface area contributed by atoms with Gasteiger partial charge in [0.2, 0.25) is 5.78 Å². The predicted octanol–water partition coefficient (Wildman–Crippen LogP) is 4.22. The van der Waals surface area contributed by atoms with Crippen LogP contribution in [0.25, 0.3) is 0 Å². The van der Waals surface area contributed by atoms with Crippen molar-refractivity contribution in [2.24, 2.45) is 0 Å². The summed E-state index contributed by atoms with van der Waals surface area (Å²) < 4.78 is 10.3. The number of benzene rings is 2. The monoisotopic (exact) mass is 358 g/mol. The summed E-state index contributed by atoms with van der Waals surface area (Å²) in [7, 11) is 1.56. The van der Waals surface area contributed by atoms with Crippen LogP contribution in [0.1, 0.15) is 28.4 Å². The van der Waals surface area contributed by atoms with Crippen LogP contribution in [0.4, 0.5) is 0 Å². The van der Waals surface area contributed by atoms with Crippen molar-refractivity contribution in [2.75, 3.05) is 12.9 Å². The van der Waals surface area contributed by atoms with Gasteiger partial charge in [-0.15, -0.1) is 11.8 Å². The van der Waals surface area contributed by atoms with E-state index in [1.165, 1.54) is 11.8 Å². The SMILES string of the molecule is COc1ccc(C(=O)[C@H](C)OC(=O)CSc2cc(C)ccc2C)cc1. The average Bonchev–Trinajstić information content (AvgIpc) is 2.61. The van der Waals surface area contributed by atoms with Crippen molar-refractivity contribution in [1.82, 2.24) is 0 Å². The lowest BCUT2D eigenvalue weighted by Crippen LogP contribution is -2.25. The molecule has 0 saturated heterocycles. The Morgan fingerprint density at radius 3 is 2.40 bits per heavy atom. The number of Topliss-reactive ketones (excluding diaryl/α,β-unsaturated/α-hetero) is 1. The Labute approximate surface area is 152 Å². The van der Waals surface area contributed by atoms with Crippen LogP contribution in [0.3, 0.4) is 0 Å². The molecule has 0 heterocycles. The highest BCUT2D eigenvalue weighted by molar-refractivity contribution is 8.00. The minimum atomic E-state index is -0.819. The molecule has 25 heavy (non-hydrogen) atoms. The zero-order valence-electron chi connectivity index (χ0n) is 14.9. The first kappa shape index (κ1) is 19.1. The molecule has 0 spiro atoms. The first-order chi connectivity index (χ1) is 11.9. The van der Waals surface area contributed by atoms with Crippen molar-refractivity contribution in [3.8, 4) is 5.75 Å². The van der Waals surface area contributed by atoms with E-state index in [1.807, 2.05) is 32.0 Å². The maximum atomic E-state index is 12.3. The zero-order valence-corrected chi connectivity index (χ0v) is 15.7. The molecular formula is C20H22O4S. The summed E-state index contributed by atoms with van der Waals surface area (Å²) in [6.07, 6.45) is -0.819. The molecule has 0 fully saturated rings. The van der Waals surface area contributed by atoms with E-state index < -0.39 is 12.1 Å². The molecule has 0 aliphatic carbocycles. The lowest BCUT2D eigenvalue weighted by atomic mass is 10.1. The standard InChI is InChI=1S/C20H22O4S/c1-13-5-6-14(2)18(11-13)25-12-19(21)24-15(3)20(22)16-7-9-17(23-4)10-8-16/h5-11,15H,12H2,1-4H3/t15-/m0/s1. The van der Waals surface area contributed by atoms with Gasteiger partial charge in [-0.1, -0.05) is 17.7 Å². The molecule has 5 heteroatoms. The minimum Gasteiger partial charge on any atom is -0.497 e. The number of methoxy groups -OCH3 is 1. The zero-order chi connectivity index (χ0) is 18.4. The van der Waals surface area contributed by atoms with Gasteiger partial charge in [0.05, 0.1) is 12.9 Å². The van der Waals surface area contributed by atoms with Gasteiger partial charge >= 0.3 is 5.97 Å². The highest BCUT2D eigenvalue weighted by atomic mass is 32.2. The largest absolute Gasteiger partial charge is 0.497 e.